The van der Waals surface area contributed by atoms with Crippen LogP contribution in [0.2, 0.25) is 5.02 Å². The summed E-state index contributed by atoms with van der Waals surface area (Å²) in [6, 6.07) is 15.5. The van der Waals surface area contributed by atoms with E-state index in [2.05, 4.69) is 31.7 Å². The molecule has 0 radical (unpaired) electrons. The first-order valence-corrected chi connectivity index (χ1v) is 13.0. The molecule has 1 heterocycles. The predicted octanol–water partition coefficient (Wildman–Crippen LogP) is 6.10. The van der Waals surface area contributed by atoms with Crippen LogP contribution in [-0.4, -0.2) is 32.2 Å². The van der Waals surface area contributed by atoms with Crippen LogP contribution in [0.1, 0.15) is 12.5 Å². The third kappa shape index (κ3) is 6.16. The van der Waals surface area contributed by atoms with E-state index in [1.165, 1.54) is 30.7 Å². The van der Waals surface area contributed by atoms with E-state index in [4.69, 9.17) is 16.3 Å². The highest BCUT2D eigenvalue weighted by atomic mass is 35.5. The number of aromatic nitrogens is 2. The largest absolute Gasteiger partial charge is 0.495 e. The Kier molecular flexibility index (Phi) is 8.04. The first-order chi connectivity index (χ1) is 18.2. The van der Waals surface area contributed by atoms with Gasteiger partial charge in [0.05, 0.1) is 22.5 Å². The Balaban J connectivity index is 1.67. The molecule has 4 rings (SSSR count). The van der Waals surface area contributed by atoms with Crippen LogP contribution in [0.25, 0.3) is 16.5 Å². The molecule has 0 saturated heterocycles. The first-order valence-electron chi connectivity index (χ1n) is 11.2. The lowest BCUT2D eigenvalue weighted by atomic mass is 10.0. The van der Waals surface area contributed by atoms with Crippen molar-refractivity contribution in [1.29, 1.82) is 0 Å². The Morgan fingerprint density at radius 2 is 1.95 bits per heavy atom. The topological polar surface area (TPSA) is 106 Å². The number of allylic oxidation sites excluding steroid dienone is 3. The number of ether oxygens (including phenoxy) is 1. The van der Waals surface area contributed by atoms with E-state index in [0.717, 1.165) is 6.07 Å². The molecule has 3 aromatic carbocycles. The SMILES string of the molecule is C=N/C=C(\C=C(/C)NS(=O)(=O)c1cccc(F)c1)c1ccc2ncnc(Nc3ccc(OC)c(Cl)c3)c2c1. The molecule has 0 atom stereocenters. The normalized spacial score (nSPS) is 12.3. The summed E-state index contributed by atoms with van der Waals surface area (Å²) in [6.45, 7) is 5.11. The second-order valence-corrected chi connectivity index (χ2v) is 10.2. The van der Waals surface area contributed by atoms with E-state index in [1.54, 1.807) is 32.2 Å². The van der Waals surface area contributed by atoms with E-state index in [1.807, 2.05) is 24.3 Å². The van der Waals surface area contributed by atoms with Gasteiger partial charge in [-0.2, -0.15) is 0 Å². The summed E-state index contributed by atoms with van der Waals surface area (Å²) in [5.41, 5.74) is 2.96. The van der Waals surface area contributed by atoms with Crippen molar-refractivity contribution in [2.45, 2.75) is 11.8 Å². The molecular weight excluding hydrogens is 529 g/mol. The number of aliphatic imine (C=N–C) groups is 1. The standard InChI is InChI=1S/C27H23ClFN5O3S/c1-17(34-38(35,36)22-6-4-5-20(29)13-22)11-19(15-30-2)18-7-9-25-23(12-18)27(32-16-31-25)33-21-8-10-26(37-3)24(28)14-21/h4-16,34H,2H2,1,3H3,(H,31,32,33)/b17-11+,19-15+. The number of fused-ring (bicyclic) bond motifs is 1. The molecule has 0 aliphatic carbocycles. The molecule has 0 bridgehead atoms. The van der Waals surface area contributed by atoms with Gasteiger partial charge in [0.1, 0.15) is 23.7 Å². The van der Waals surface area contributed by atoms with Gasteiger partial charge in [0, 0.05) is 28.5 Å². The van der Waals surface area contributed by atoms with E-state index in [-0.39, 0.29) is 4.90 Å². The molecular formula is C27H23ClFN5O3S. The predicted molar refractivity (Wildman–Crippen MR) is 149 cm³/mol. The van der Waals surface area contributed by atoms with Crippen molar-refractivity contribution < 1.29 is 17.5 Å². The minimum absolute atomic E-state index is 0.185. The van der Waals surface area contributed by atoms with Crippen LogP contribution in [0, 0.1) is 5.82 Å². The lowest BCUT2D eigenvalue weighted by Crippen LogP contribution is -2.22. The second-order valence-electron chi connectivity index (χ2n) is 8.09. The van der Waals surface area contributed by atoms with Gasteiger partial charge in [0.2, 0.25) is 0 Å². The molecule has 0 aliphatic heterocycles. The molecule has 0 saturated carbocycles. The minimum Gasteiger partial charge on any atom is -0.495 e. The third-order valence-electron chi connectivity index (χ3n) is 5.39. The first kappa shape index (κ1) is 26.8. The molecule has 4 aromatic rings. The molecule has 38 heavy (non-hydrogen) atoms. The van der Waals surface area contributed by atoms with Crippen LogP contribution < -0.4 is 14.8 Å². The van der Waals surface area contributed by atoms with Gasteiger partial charge in [0.25, 0.3) is 10.0 Å². The quantitative estimate of drug-likeness (QED) is 0.192. The lowest BCUT2D eigenvalue weighted by Gasteiger charge is -2.12. The van der Waals surface area contributed by atoms with Crippen molar-refractivity contribution in [3.63, 3.8) is 0 Å². The Labute approximate surface area is 224 Å². The van der Waals surface area contributed by atoms with Gasteiger partial charge in [0.15, 0.2) is 0 Å². The highest BCUT2D eigenvalue weighted by Crippen LogP contribution is 2.31. The van der Waals surface area contributed by atoms with E-state index in [9.17, 15) is 12.8 Å². The van der Waals surface area contributed by atoms with Crippen LogP contribution in [-0.2, 0) is 10.0 Å². The molecule has 11 heteroatoms. The summed E-state index contributed by atoms with van der Waals surface area (Å²) in [5, 5.41) is 4.40. The summed E-state index contributed by atoms with van der Waals surface area (Å²) in [4.78, 5) is 12.4. The number of nitrogens with one attached hydrogen (secondary N) is 2. The maximum absolute atomic E-state index is 13.6. The van der Waals surface area contributed by atoms with Crippen LogP contribution in [0.15, 0.2) is 94.9 Å². The minimum atomic E-state index is -3.99. The van der Waals surface area contributed by atoms with Gasteiger partial charge in [-0.3, -0.25) is 9.71 Å². The van der Waals surface area contributed by atoms with Crippen molar-refractivity contribution >= 4 is 56.3 Å². The van der Waals surface area contributed by atoms with Crippen molar-refractivity contribution in [3.05, 3.63) is 101 Å². The van der Waals surface area contributed by atoms with E-state index in [0.29, 0.717) is 50.0 Å². The number of hydrogen-bond donors (Lipinski definition) is 2. The van der Waals surface area contributed by atoms with E-state index < -0.39 is 15.8 Å². The maximum atomic E-state index is 13.6. The molecule has 0 amide bonds. The van der Waals surface area contributed by atoms with Crippen molar-refractivity contribution in [1.82, 2.24) is 14.7 Å². The number of hydrogen-bond acceptors (Lipinski definition) is 7. The Morgan fingerprint density at radius 3 is 2.66 bits per heavy atom. The van der Waals surface area contributed by atoms with Crippen molar-refractivity contribution in [3.8, 4) is 5.75 Å². The highest BCUT2D eigenvalue weighted by molar-refractivity contribution is 7.89. The number of benzene rings is 3. The highest BCUT2D eigenvalue weighted by Gasteiger charge is 2.15. The fourth-order valence-corrected chi connectivity index (χ4v) is 5.06. The van der Waals surface area contributed by atoms with Gasteiger partial charge in [-0.25, -0.2) is 22.8 Å². The molecule has 1 aromatic heterocycles. The second kappa shape index (κ2) is 11.4. The Morgan fingerprint density at radius 1 is 1.13 bits per heavy atom. The maximum Gasteiger partial charge on any atom is 0.261 e. The third-order valence-corrected chi connectivity index (χ3v) is 7.15. The summed E-state index contributed by atoms with van der Waals surface area (Å²) in [5.74, 6) is 0.441. The molecule has 194 valence electrons. The lowest BCUT2D eigenvalue weighted by molar-refractivity contribution is 0.415. The molecule has 0 aliphatic rings. The summed E-state index contributed by atoms with van der Waals surface area (Å²) >= 11 is 6.26. The van der Waals surface area contributed by atoms with Crippen LogP contribution in [0.5, 0.6) is 5.75 Å². The van der Waals surface area contributed by atoms with Crippen LogP contribution in [0.4, 0.5) is 15.9 Å². The zero-order valence-electron chi connectivity index (χ0n) is 20.4. The average Bonchev–Trinajstić information content (AvgIpc) is 2.88. The van der Waals surface area contributed by atoms with E-state index >= 15 is 0 Å². The van der Waals surface area contributed by atoms with Crippen molar-refractivity contribution in [2.75, 3.05) is 12.4 Å². The van der Waals surface area contributed by atoms with Crippen molar-refractivity contribution in [2.24, 2.45) is 4.99 Å². The summed E-state index contributed by atoms with van der Waals surface area (Å²) in [7, 11) is -2.45. The summed E-state index contributed by atoms with van der Waals surface area (Å²) in [6.07, 6.45) is 4.55. The van der Waals surface area contributed by atoms with Gasteiger partial charge < -0.3 is 10.1 Å². The smallest absolute Gasteiger partial charge is 0.261 e. The average molecular weight is 552 g/mol. The number of sulfonamides is 1. The number of anilines is 2. The van der Waals surface area contributed by atoms with Gasteiger partial charge >= 0.3 is 0 Å². The van der Waals surface area contributed by atoms with Crippen LogP contribution in [0.3, 0.4) is 0 Å². The number of halogens is 2. The zero-order valence-corrected chi connectivity index (χ0v) is 22.0. The van der Waals surface area contributed by atoms with Gasteiger partial charge in [-0.15, -0.1) is 0 Å². The number of nitrogens with zero attached hydrogens (tertiary/aromatic N) is 3. The monoisotopic (exact) mass is 551 g/mol. The number of methoxy groups -OCH3 is 1. The van der Waals surface area contributed by atoms with Gasteiger partial charge in [-0.1, -0.05) is 23.7 Å². The van der Waals surface area contributed by atoms with Gasteiger partial charge in [-0.05, 0) is 73.8 Å². The fourth-order valence-electron chi connectivity index (χ4n) is 3.68. The molecule has 0 fully saturated rings. The molecule has 0 spiro atoms. The number of rotatable bonds is 9. The fraction of sp³-hybridized carbons (Fsp3) is 0.0741. The van der Waals surface area contributed by atoms with Crippen LogP contribution >= 0.6 is 11.6 Å². The molecule has 8 nitrogen and oxygen atoms in total. The Bertz CT molecular complexity index is 1690. The zero-order chi connectivity index (χ0) is 27.3. The summed E-state index contributed by atoms with van der Waals surface area (Å²) < 4.78 is 46.6. The molecule has 0 unspecified atom stereocenters. The molecule has 2 N–H and O–H groups in total. The Hall–Kier alpha value is -4.28.